The molecule has 0 saturated carbocycles. The van der Waals surface area contributed by atoms with Crippen LogP contribution in [0.25, 0.3) is 10.9 Å². The van der Waals surface area contributed by atoms with Crippen molar-refractivity contribution in [2.75, 3.05) is 6.54 Å². The van der Waals surface area contributed by atoms with Gasteiger partial charge in [0.25, 0.3) is 0 Å². The zero-order valence-corrected chi connectivity index (χ0v) is 9.61. The highest BCUT2D eigenvalue weighted by Gasteiger charge is 2.37. The number of piperidine rings is 1. The topological polar surface area (TPSA) is 48.0 Å². The molecule has 1 aromatic carbocycles. The molecule has 2 heterocycles. The Labute approximate surface area is 99.8 Å². The average molecular weight is 228 g/mol. The maximum atomic E-state index is 10.3. The number of aliphatic hydroxyl groups excluding tert-OH is 1. The molecule has 3 heteroatoms. The van der Waals surface area contributed by atoms with Crippen LogP contribution in [0.4, 0.5) is 0 Å². The van der Waals surface area contributed by atoms with E-state index in [1.165, 1.54) is 22.0 Å². The van der Waals surface area contributed by atoms with Crippen molar-refractivity contribution in [3.8, 4) is 0 Å². The molecule has 0 bridgehead atoms. The Morgan fingerprint density at radius 1 is 1.29 bits per heavy atom. The summed E-state index contributed by atoms with van der Waals surface area (Å²) in [6.45, 7) is 0.929. The molecule has 3 N–H and O–H groups in total. The van der Waals surface area contributed by atoms with E-state index in [0.717, 1.165) is 19.4 Å². The first-order valence-corrected chi connectivity index (χ1v) is 6.35. The summed E-state index contributed by atoms with van der Waals surface area (Å²) in [4.78, 5) is 3.34. The number of hydrogen-bond donors (Lipinski definition) is 3. The fraction of sp³-hybridized carbons (Fsp3) is 0.429. The van der Waals surface area contributed by atoms with E-state index in [9.17, 15) is 5.11 Å². The average Bonchev–Trinajstić information content (AvgIpc) is 2.74. The molecular formula is C14H16N2O. The van der Waals surface area contributed by atoms with Crippen LogP contribution in [-0.2, 0) is 6.42 Å². The second-order valence-electron chi connectivity index (χ2n) is 5.23. The number of nitrogens with one attached hydrogen (secondary N) is 2. The molecule has 3 atom stereocenters. The lowest BCUT2D eigenvalue weighted by Gasteiger charge is -2.39. The summed E-state index contributed by atoms with van der Waals surface area (Å²) in [6, 6.07) is 6.77. The fourth-order valence-electron chi connectivity index (χ4n) is 3.58. The third-order valence-corrected chi connectivity index (χ3v) is 4.31. The number of hydrogen-bond acceptors (Lipinski definition) is 2. The molecule has 1 saturated heterocycles. The zero-order chi connectivity index (χ0) is 11.4. The highest BCUT2D eigenvalue weighted by Crippen LogP contribution is 2.40. The van der Waals surface area contributed by atoms with Crippen molar-refractivity contribution in [3.63, 3.8) is 0 Å². The van der Waals surface area contributed by atoms with Crippen LogP contribution in [0.3, 0.4) is 0 Å². The van der Waals surface area contributed by atoms with Crippen LogP contribution < -0.4 is 5.32 Å². The number of fused-ring (bicyclic) bond motifs is 2. The lowest BCUT2D eigenvalue weighted by molar-refractivity contribution is 0.0895. The second-order valence-corrected chi connectivity index (χ2v) is 5.23. The number of aromatic amines is 1. The van der Waals surface area contributed by atoms with Gasteiger partial charge in [-0.1, -0.05) is 12.1 Å². The number of H-pyrrole nitrogens is 1. The maximum absolute atomic E-state index is 10.3. The van der Waals surface area contributed by atoms with E-state index < -0.39 is 0 Å². The Hall–Kier alpha value is -1.32. The minimum Gasteiger partial charge on any atom is -0.392 e. The molecule has 1 aromatic heterocycles. The van der Waals surface area contributed by atoms with Crippen LogP contribution in [-0.4, -0.2) is 28.8 Å². The molecule has 0 amide bonds. The molecule has 3 nitrogen and oxygen atoms in total. The lowest BCUT2D eigenvalue weighted by atomic mass is 9.74. The van der Waals surface area contributed by atoms with Gasteiger partial charge in [0, 0.05) is 29.1 Å². The van der Waals surface area contributed by atoms with Crippen LogP contribution in [0.15, 0.2) is 24.4 Å². The summed E-state index contributed by atoms with van der Waals surface area (Å²) >= 11 is 0. The van der Waals surface area contributed by atoms with Gasteiger partial charge in [-0.15, -0.1) is 0 Å². The molecule has 2 aromatic rings. The van der Waals surface area contributed by atoms with Gasteiger partial charge in [-0.3, -0.25) is 0 Å². The van der Waals surface area contributed by atoms with Crippen molar-refractivity contribution >= 4 is 10.9 Å². The standard InChI is InChI=1S/C14H16N2O/c17-12-4-5-15-11-6-8-7-16-10-3-1-2-9(13(8)10)14(11)12/h1-3,7,11-12,14-17H,4-6H2/t11-,12?,14-/m1/s1. The van der Waals surface area contributed by atoms with Crippen LogP contribution in [0.5, 0.6) is 0 Å². The summed E-state index contributed by atoms with van der Waals surface area (Å²) in [5, 5.41) is 15.2. The van der Waals surface area contributed by atoms with E-state index in [1.807, 2.05) is 0 Å². The summed E-state index contributed by atoms with van der Waals surface area (Å²) in [5.41, 5.74) is 3.90. The largest absolute Gasteiger partial charge is 0.392 e. The van der Waals surface area contributed by atoms with Crippen molar-refractivity contribution < 1.29 is 5.11 Å². The van der Waals surface area contributed by atoms with Crippen molar-refractivity contribution in [3.05, 3.63) is 35.5 Å². The van der Waals surface area contributed by atoms with Gasteiger partial charge in [0.05, 0.1) is 6.10 Å². The minimum atomic E-state index is -0.199. The molecule has 1 unspecified atom stereocenters. The molecule has 88 valence electrons. The van der Waals surface area contributed by atoms with Crippen LogP contribution in [0.1, 0.15) is 23.5 Å². The van der Waals surface area contributed by atoms with Gasteiger partial charge in [0.1, 0.15) is 0 Å². The number of benzene rings is 1. The SMILES string of the molecule is OC1CCN[C@@H]2Cc3c[nH]c4cccc(c34)[C@@H]12. The number of aliphatic hydroxyl groups is 1. The molecule has 17 heavy (non-hydrogen) atoms. The normalized spacial score (nSPS) is 31.5. The van der Waals surface area contributed by atoms with Gasteiger partial charge in [-0.05, 0) is 36.6 Å². The molecule has 1 aliphatic carbocycles. The Morgan fingerprint density at radius 2 is 2.24 bits per heavy atom. The lowest BCUT2D eigenvalue weighted by Crippen LogP contribution is -2.49. The summed E-state index contributed by atoms with van der Waals surface area (Å²) in [5.74, 6) is 0.260. The molecule has 0 spiro atoms. The molecule has 0 radical (unpaired) electrons. The first-order chi connectivity index (χ1) is 8.34. The van der Waals surface area contributed by atoms with E-state index in [1.54, 1.807) is 0 Å². The van der Waals surface area contributed by atoms with E-state index in [2.05, 4.69) is 34.7 Å². The highest BCUT2D eigenvalue weighted by atomic mass is 16.3. The Kier molecular flexibility index (Phi) is 1.90. The van der Waals surface area contributed by atoms with Gasteiger partial charge in [-0.25, -0.2) is 0 Å². The van der Waals surface area contributed by atoms with Crippen molar-refractivity contribution in [2.45, 2.75) is 30.9 Å². The predicted octanol–water partition coefficient (Wildman–Crippen LogP) is 1.53. The fourth-order valence-corrected chi connectivity index (χ4v) is 3.58. The number of aromatic nitrogens is 1. The summed E-state index contributed by atoms with van der Waals surface area (Å²) < 4.78 is 0. The van der Waals surface area contributed by atoms with Gasteiger partial charge >= 0.3 is 0 Å². The minimum absolute atomic E-state index is 0.199. The first kappa shape index (κ1) is 9.68. The zero-order valence-electron chi connectivity index (χ0n) is 9.61. The third kappa shape index (κ3) is 1.24. The maximum Gasteiger partial charge on any atom is 0.0636 e. The monoisotopic (exact) mass is 228 g/mol. The summed E-state index contributed by atoms with van der Waals surface area (Å²) in [7, 11) is 0. The van der Waals surface area contributed by atoms with Gasteiger partial charge < -0.3 is 15.4 Å². The van der Waals surface area contributed by atoms with Crippen LogP contribution in [0.2, 0.25) is 0 Å². The van der Waals surface area contributed by atoms with Gasteiger partial charge in [0.2, 0.25) is 0 Å². The van der Waals surface area contributed by atoms with E-state index >= 15 is 0 Å². The van der Waals surface area contributed by atoms with Gasteiger partial charge in [-0.2, -0.15) is 0 Å². The van der Waals surface area contributed by atoms with E-state index in [-0.39, 0.29) is 12.0 Å². The van der Waals surface area contributed by atoms with E-state index in [0.29, 0.717) is 6.04 Å². The Balaban J connectivity index is 1.98. The van der Waals surface area contributed by atoms with Crippen molar-refractivity contribution in [1.29, 1.82) is 0 Å². The summed E-state index contributed by atoms with van der Waals surface area (Å²) in [6.07, 6.45) is 3.80. The molecule has 1 aliphatic heterocycles. The highest BCUT2D eigenvalue weighted by molar-refractivity contribution is 5.88. The Morgan fingerprint density at radius 3 is 3.18 bits per heavy atom. The van der Waals surface area contributed by atoms with Gasteiger partial charge in [0.15, 0.2) is 0 Å². The first-order valence-electron chi connectivity index (χ1n) is 6.35. The van der Waals surface area contributed by atoms with E-state index in [4.69, 9.17) is 0 Å². The third-order valence-electron chi connectivity index (χ3n) is 4.31. The quantitative estimate of drug-likeness (QED) is 0.640. The molecule has 4 rings (SSSR count). The van der Waals surface area contributed by atoms with Crippen molar-refractivity contribution in [1.82, 2.24) is 10.3 Å². The predicted molar refractivity (Wildman–Crippen MR) is 67.2 cm³/mol. The smallest absolute Gasteiger partial charge is 0.0636 e. The van der Waals surface area contributed by atoms with Crippen molar-refractivity contribution in [2.24, 2.45) is 0 Å². The van der Waals surface area contributed by atoms with Crippen LogP contribution in [0, 0.1) is 0 Å². The van der Waals surface area contributed by atoms with Crippen LogP contribution >= 0.6 is 0 Å². The molecular weight excluding hydrogens is 212 g/mol. The molecule has 2 aliphatic rings. The molecule has 1 fully saturated rings. The Bertz CT molecular complexity index is 575. The second kappa shape index (κ2) is 3.34. The number of rotatable bonds is 0.